The molecule has 0 aliphatic rings. The molecule has 3 N–H and O–H groups in total. The normalized spacial score (nSPS) is 7.12. The van der Waals surface area contributed by atoms with E-state index in [1.807, 2.05) is 18.2 Å². The summed E-state index contributed by atoms with van der Waals surface area (Å²) in [5, 5.41) is 5.40. The number of carbonyl (C=O) groups is 1. The van der Waals surface area contributed by atoms with Crippen LogP contribution in [0.5, 0.6) is 0 Å². The van der Waals surface area contributed by atoms with Crippen LogP contribution in [-0.4, -0.2) is 18.8 Å². The van der Waals surface area contributed by atoms with Gasteiger partial charge in [-0.25, -0.2) is 15.0 Å². The van der Waals surface area contributed by atoms with Gasteiger partial charge in [-0.05, 0) is 13.8 Å². The van der Waals surface area contributed by atoms with Crippen LogP contribution in [0.15, 0.2) is 30.3 Å². The molecule has 0 atom stereocenters. The van der Waals surface area contributed by atoms with Crippen molar-refractivity contribution in [2.24, 2.45) is 5.73 Å². The monoisotopic (exact) mass is 224 g/mol. The molecule has 0 spiro atoms. The largest absolute Gasteiger partial charge is 0.450 e. The van der Waals surface area contributed by atoms with E-state index in [2.05, 4.69) is 29.5 Å². The highest BCUT2D eigenvalue weighted by Crippen LogP contribution is 1.92. The summed E-state index contributed by atoms with van der Waals surface area (Å²) in [6, 6.07) is 10.3. The van der Waals surface area contributed by atoms with Crippen molar-refractivity contribution in [3.8, 4) is 0 Å². The lowest BCUT2D eigenvalue weighted by atomic mass is 10.2. The van der Waals surface area contributed by atoms with Crippen LogP contribution in [0.1, 0.15) is 12.5 Å². The van der Waals surface area contributed by atoms with Crippen LogP contribution >= 0.6 is 0 Å². The first-order chi connectivity index (χ1) is 7.58. The van der Waals surface area contributed by atoms with Crippen molar-refractivity contribution in [2.75, 3.05) is 6.61 Å². The summed E-state index contributed by atoms with van der Waals surface area (Å²) in [5.41, 5.74) is 5.86. The highest BCUT2D eigenvalue weighted by Gasteiger charge is 1.82. The molecule has 1 aromatic carbocycles. The van der Waals surface area contributed by atoms with Crippen LogP contribution in [0.25, 0.3) is 0 Å². The predicted octanol–water partition coefficient (Wildman–Crippen LogP) is 2.00. The number of primary amides is 1. The molecule has 5 nitrogen and oxygen atoms in total. The van der Waals surface area contributed by atoms with E-state index in [0.29, 0.717) is 6.61 Å². The summed E-state index contributed by atoms with van der Waals surface area (Å²) in [7, 11) is 0. The molecule has 1 amide bonds. The molecule has 88 valence electrons. The zero-order valence-electron chi connectivity index (χ0n) is 9.40. The zero-order valence-corrected chi connectivity index (χ0v) is 9.40. The summed E-state index contributed by atoms with van der Waals surface area (Å²) < 4.78 is 4.18. The fraction of sp³-hybridized carbons (Fsp3) is 0.273. The third-order valence-corrected chi connectivity index (χ3v) is 1.23. The highest BCUT2D eigenvalue weighted by molar-refractivity contribution is 5.64. The fourth-order valence-electron chi connectivity index (χ4n) is 0.677. The molecule has 0 unspecified atom stereocenters. The fourth-order valence-corrected chi connectivity index (χ4v) is 0.677. The van der Waals surface area contributed by atoms with Gasteiger partial charge in [0.25, 0.3) is 0 Å². The summed E-state index contributed by atoms with van der Waals surface area (Å²) in [5.74, 6) is 0. The minimum absolute atomic E-state index is 0.356. The van der Waals surface area contributed by atoms with E-state index < -0.39 is 6.09 Å². The van der Waals surface area contributed by atoms with E-state index in [4.69, 9.17) is 10.2 Å². The average Bonchev–Trinajstić information content (AvgIpc) is 2.20. The maximum atomic E-state index is 9.60. The molecule has 0 aromatic heterocycles. The molecule has 5 heteroatoms. The molecule has 0 saturated carbocycles. The number of isocyanates is 1. The van der Waals surface area contributed by atoms with Crippen molar-refractivity contribution in [3.05, 3.63) is 35.9 Å². The van der Waals surface area contributed by atoms with Gasteiger partial charge in [0.05, 0.1) is 6.61 Å². The Hall–Kier alpha value is -2.13. The lowest BCUT2D eigenvalue weighted by Gasteiger charge is -1.89. The molecule has 0 fully saturated rings. The van der Waals surface area contributed by atoms with Gasteiger partial charge in [0, 0.05) is 0 Å². The first-order valence-corrected chi connectivity index (χ1v) is 4.56. The van der Waals surface area contributed by atoms with E-state index in [1.54, 1.807) is 6.92 Å². The second kappa shape index (κ2) is 12.9. The van der Waals surface area contributed by atoms with Crippen molar-refractivity contribution in [2.45, 2.75) is 13.8 Å². The Morgan fingerprint density at radius 3 is 2.00 bits per heavy atom. The third kappa shape index (κ3) is 17.8. The molecule has 16 heavy (non-hydrogen) atoms. The molecule has 1 aromatic rings. The number of carbonyl (C=O) groups excluding carboxylic acids is 2. The first kappa shape index (κ1) is 16.3. The van der Waals surface area contributed by atoms with Gasteiger partial charge in [-0.3, -0.25) is 0 Å². The van der Waals surface area contributed by atoms with Crippen molar-refractivity contribution < 1.29 is 14.3 Å². The quantitative estimate of drug-likeness (QED) is 0.564. The minimum atomic E-state index is -0.711. The Kier molecular flexibility index (Phi) is 13.1. The zero-order chi connectivity index (χ0) is 12.8. The number of nitrogens with one attached hydrogen (secondary N) is 1. The minimum Gasteiger partial charge on any atom is -0.450 e. The first-order valence-electron chi connectivity index (χ1n) is 4.56. The van der Waals surface area contributed by atoms with E-state index in [-0.39, 0.29) is 0 Å². The van der Waals surface area contributed by atoms with E-state index in [0.717, 1.165) is 6.08 Å². The molecule has 1 rings (SSSR count). The lowest BCUT2D eigenvalue weighted by Crippen LogP contribution is -2.11. The van der Waals surface area contributed by atoms with Gasteiger partial charge in [-0.2, -0.15) is 0 Å². The van der Waals surface area contributed by atoms with Crippen LogP contribution < -0.4 is 5.73 Å². The topological polar surface area (TPSA) is 93.2 Å². The smallest absolute Gasteiger partial charge is 0.404 e. The van der Waals surface area contributed by atoms with Crippen LogP contribution in [0.2, 0.25) is 0 Å². The van der Waals surface area contributed by atoms with E-state index in [1.165, 1.54) is 5.56 Å². The van der Waals surface area contributed by atoms with E-state index >= 15 is 0 Å². The van der Waals surface area contributed by atoms with Crippen LogP contribution in [0, 0.1) is 12.3 Å². The second-order valence-electron chi connectivity index (χ2n) is 2.51. The summed E-state index contributed by atoms with van der Waals surface area (Å²) in [4.78, 5) is 17.9. The van der Waals surface area contributed by atoms with Crippen LogP contribution in [0.4, 0.5) is 4.79 Å². The SMILES string of the molecule is CCOC(N)=O.Cc1ccccc1.N=C=O. The standard InChI is InChI=1S/C7H8.C3H7NO2.CHNO/c1-7-5-3-2-4-6-7;1-2-6-3(4)5;2-1-3/h2-6H,1H3;2H2,1H3,(H2,4,5);2H. The van der Waals surface area contributed by atoms with Gasteiger partial charge >= 0.3 is 6.09 Å². The maximum Gasteiger partial charge on any atom is 0.404 e. The highest BCUT2D eigenvalue weighted by atomic mass is 16.5. The molecule has 0 heterocycles. The number of amides is 1. The summed E-state index contributed by atoms with van der Waals surface area (Å²) >= 11 is 0. The number of ether oxygens (including phenoxy) is 1. The Balaban J connectivity index is 0. The maximum absolute atomic E-state index is 9.60. The Bertz CT molecular complexity index is 306. The van der Waals surface area contributed by atoms with Crippen molar-refractivity contribution >= 4 is 12.2 Å². The molecular formula is C11H16N2O3. The van der Waals surface area contributed by atoms with Gasteiger partial charge in [0.1, 0.15) is 0 Å². The van der Waals surface area contributed by atoms with Gasteiger partial charge in [0.15, 0.2) is 0 Å². The van der Waals surface area contributed by atoms with Crippen molar-refractivity contribution in [3.63, 3.8) is 0 Å². The molecule has 0 aliphatic heterocycles. The Morgan fingerprint density at radius 1 is 1.44 bits per heavy atom. The number of aryl methyl sites for hydroxylation is 1. The number of benzene rings is 1. The van der Waals surface area contributed by atoms with Gasteiger partial charge in [-0.1, -0.05) is 35.9 Å². The van der Waals surface area contributed by atoms with Gasteiger partial charge < -0.3 is 10.5 Å². The second-order valence-corrected chi connectivity index (χ2v) is 2.51. The molecular weight excluding hydrogens is 208 g/mol. The lowest BCUT2D eigenvalue weighted by molar-refractivity contribution is 0.163. The van der Waals surface area contributed by atoms with Crippen LogP contribution in [-0.2, 0) is 9.53 Å². The number of nitrogens with two attached hydrogens (primary N) is 1. The number of rotatable bonds is 1. The summed E-state index contributed by atoms with van der Waals surface area (Å²) in [6.45, 7) is 4.14. The molecule has 0 radical (unpaired) electrons. The summed E-state index contributed by atoms with van der Waals surface area (Å²) in [6.07, 6.45) is 0.0394. The predicted molar refractivity (Wildman–Crippen MR) is 60.8 cm³/mol. The van der Waals surface area contributed by atoms with Crippen LogP contribution in [0.3, 0.4) is 0 Å². The van der Waals surface area contributed by atoms with Gasteiger partial charge in [-0.15, -0.1) is 0 Å². The molecule has 0 bridgehead atoms. The Labute approximate surface area is 94.7 Å². The average molecular weight is 224 g/mol. The Morgan fingerprint density at radius 2 is 1.88 bits per heavy atom. The van der Waals surface area contributed by atoms with Crippen molar-refractivity contribution in [1.82, 2.24) is 0 Å². The van der Waals surface area contributed by atoms with Crippen molar-refractivity contribution in [1.29, 1.82) is 5.41 Å². The van der Waals surface area contributed by atoms with E-state index in [9.17, 15) is 4.79 Å². The number of hydrogen-bond acceptors (Lipinski definition) is 4. The molecule has 0 saturated heterocycles. The van der Waals surface area contributed by atoms with Gasteiger partial charge in [0.2, 0.25) is 6.08 Å². The third-order valence-electron chi connectivity index (χ3n) is 1.23. The molecule has 0 aliphatic carbocycles. The number of hydrogen-bond donors (Lipinski definition) is 2.